The number of likely N-dealkylation sites (tertiary alicyclic amines) is 1. The van der Waals surface area contributed by atoms with Crippen molar-refractivity contribution in [1.29, 1.82) is 0 Å². The maximum atomic E-state index is 13.3. The SMILES string of the molecule is CCC1C(c2ccccc2)C=C(C(F)(F)F)OC1N1CCCC1. The first-order chi connectivity index (χ1) is 11.0. The molecule has 3 rings (SSSR count). The Hall–Kier alpha value is -1.49. The molecule has 0 spiro atoms. The number of rotatable bonds is 3. The van der Waals surface area contributed by atoms with E-state index in [-0.39, 0.29) is 11.8 Å². The zero-order valence-corrected chi connectivity index (χ0v) is 13.2. The summed E-state index contributed by atoms with van der Waals surface area (Å²) < 4.78 is 45.4. The van der Waals surface area contributed by atoms with Gasteiger partial charge in [0.2, 0.25) is 0 Å². The van der Waals surface area contributed by atoms with Gasteiger partial charge in [-0.25, -0.2) is 0 Å². The molecule has 0 bridgehead atoms. The molecule has 0 amide bonds. The molecule has 3 atom stereocenters. The molecule has 0 N–H and O–H groups in total. The summed E-state index contributed by atoms with van der Waals surface area (Å²) >= 11 is 0. The number of nitrogens with zero attached hydrogens (tertiary/aromatic N) is 1. The number of halogens is 3. The molecule has 2 aliphatic heterocycles. The van der Waals surface area contributed by atoms with Gasteiger partial charge in [-0.05, 0) is 30.9 Å². The van der Waals surface area contributed by atoms with Gasteiger partial charge in [0.25, 0.3) is 0 Å². The van der Waals surface area contributed by atoms with E-state index in [4.69, 9.17) is 4.74 Å². The molecule has 2 heterocycles. The fourth-order valence-corrected chi connectivity index (χ4v) is 3.70. The van der Waals surface area contributed by atoms with E-state index in [0.29, 0.717) is 0 Å². The highest BCUT2D eigenvalue weighted by Gasteiger charge is 2.46. The Bertz CT molecular complexity index is 549. The van der Waals surface area contributed by atoms with Gasteiger partial charge in [-0.15, -0.1) is 0 Å². The first-order valence-electron chi connectivity index (χ1n) is 8.25. The van der Waals surface area contributed by atoms with Crippen molar-refractivity contribution in [2.24, 2.45) is 5.92 Å². The smallest absolute Gasteiger partial charge is 0.448 e. The summed E-state index contributed by atoms with van der Waals surface area (Å²) in [5, 5.41) is 0. The van der Waals surface area contributed by atoms with Gasteiger partial charge in [0, 0.05) is 24.9 Å². The largest absolute Gasteiger partial charge is 0.470 e. The number of hydrogen-bond donors (Lipinski definition) is 0. The summed E-state index contributed by atoms with van der Waals surface area (Å²) in [6, 6.07) is 9.46. The molecule has 126 valence electrons. The maximum Gasteiger partial charge on any atom is 0.448 e. The molecule has 3 unspecified atom stereocenters. The third kappa shape index (κ3) is 3.39. The Morgan fingerprint density at radius 1 is 1.13 bits per heavy atom. The molecule has 5 heteroatoms. The summed E-state index contributed by atoms with van der Waals surface area (Å²) in [5.41, 5.74) is 0.925. The van der Waals surface area contributed by atoms with E-state index >= 15 is 0 Å². The van der Waals surface area contributed by atoms with E-state index in [1.807, 2.05) is 37.3 Å². The second-order valence-corrected chi connectivity index (χ2v) is 6.29. The zero-order chi connectivity index (χ0) is 16.4. The van der Waals surface area contributed by atoms with E-state index in [1.165, 1.54) is 6.08 Å². The molecule has 0 saturated carbocycles. The fraction of sp³-hybridized carbons (Fsp3) is 0.556. The predicted molar refractivity (Wildman–Crippen MR) is 82.8 cm³/mol. The van der Waals surface area contributed by atoms with Crippen LogP contribution in [0.25, 0.3) is 0 Å². The van der Waals surface area contributed by atoms with E-state index in [9.17, 15) is 13.2 Å². The highest BCUT2D eigenvalue weighted by atomic mass is 19.4. The van der Waals surface area contributed by atoms with Crippen LogP contribution in [0.2, 0.25) is 0 Å². The average Bonchev–Trinajstić information content (AvgIpc) is 3.07. The second-order valence-electron chi connectivity index (χ2n) is 6.29. The number of alkyl halides is 3. The first kappa shape index (κ1) is 16.4. The molecule has 1 saturated heterocycles. The standard InChI is InChI=1S/C18H22F3NO/c1-2-14-15(13-8-4-3-5-9-13)12-16(18(19,20)21)23-17(14)22-10-6-7-11-22/h3-5,8-9,12,14-15,17H,2,6-7,10-11H2,1H3. The van der Waals surface area contributed by atoms with Gasteiger partial charge in [-0.1, -0.05) is 37.3 Å². The van der Waals surface area contributed by atoms with Crippen molar-refractivity contribution in [3.8, 4) is 0 Å². The van der Waals surface area contributed by atoms with Gasteiger partial charge in [-0.2, -0.15) is 13.2 Å². The van der Waals surface area contributed by atoms with E-state index in [1.54, 1.807) is 0 Å². The lowest BCUT2D eigenvalue weighted by atomic mass is 9.80. The lowest BCUT2D eigenvalue weighted by molar-refractivity contribution is -0.173. The maximum absolute atomic E-state index is 13.3. The van der Waals surface area contributed by atoms with Gasteiger partial charge in [0.05, 0.1) is 0 Å². The third-order valence-corrected chi connectivity index (χ3v) is 4.84. The Kier molecular flexibility index (Phi) is 4.67. The van der Waals surface area contributed by atoms with Gasteiger partial charge in [0.15, 0.2) is 12.0 Å². The van der Waals surface area contributed by atoms with Crippen molar-refractivity contribution in [3.05, 3.63) is 47.7 Å². The third-order valence-electron chi connectivity index (χ3n) is 4.84. The summed E-state index contributed by atoms with van der Waals surface area (Å²) in [5.74, 6) is -1.08. The van der Waals surface area contributed by atoms with Crippen LogP contribution in [0.4, 0.5) is 13.2 Å². The summed E-state index contributed by atoms with van der Waals surface area (Å²) in [4.78, 5) is 2.07. The monoisotopic (exact) mass is 325 g/mol. The average molecular weight is 325 g/mol. The predicted octanol–water partition coefficient (Wildman–Crippen LogP) is 4.69. The van der Waals surface area contributed by atoms with Crippen LogP contribution < -0.4 is 0 Å². The van der Waals surface area contributed by atoms with E-state index in [0.717, 1.165) is 37.9 Å². The molecule has 1 aromatic rings. The number of benzene rings is 1. The Morgan fingerprint density at radius 3 is 2.35 bits per heavy atom. The van der Waals surface area contributed by atoms with Crippen LogP contribution in [0.1, 0.15) is 37.7 Å². The molecule has 2 nitrogen and oxygen atoms in total. The molecule has 0 aliphatic carbocycles. The first-order valence-corrected chi connectivity index (χ1v) is 8.25. The highest BCUT2D eigenvalue weighted by molar-refractivity contribution is 5.28. The van der Waals surface area contributed by atoms with Gasteiger partial charge >= 0.3 is 6.18 Å². The van der Waals surface area contributed by atoms with Crippen LogP contribution in [-0.2, 0) is 4.74 Å². The Morgan fingerprint density at radius 2 is 1.78 bits per heavy atom. The molecular weight excluding hydrogens is 303 g/mol. The van der Waals surface area contributed by atoms with Crippen LogP contribution >= 0.6 is 0 Å². The van der Waals surface area contributed by atoms with Gasteiger partial charge in [-0.3, -0.25) is 4.90 Å². The van der Waals surface area contributed by atoms with E-state index < -0.39 is 18.2 Å². The summed E-state index contributed by atoms with van der Waals surface area (Å²) in [6.45, 7) is 3.65. The van der Waals surface area contributed by atoms with Crippen molar-refractivity contribution >= 4 is 0 Å². The minimum absolute atomic E-state index is 0.0293. The van der Waals surface area contributed by atoms with Crippen molar-refractivity contribution < 1.29 is 17.9 Å². The van der Waals surface area contributed by atoms with Gasteiger partial charge < -0.3 is 4.74 Å². The van der Waals surface area contributed by atoms with Crippen molar-refractivity contribution in [3.63, 3.8) is 0 Å². The van der Waals surface area contributed by atoms with Gasteiger partial charge in [0.1, 0.15) is 0 Å². The highest BCUT2D eigenvalue weighted by Crippen LogP contribution is 2.43. The lowest BCUT2D eigenvalue weighted by Crippen LogP contribution is -2.46. The summed E-state index contributed by atoms with van der Waals surface area (Å²) in [6.07, 6.45) is -0.828. The van der Waals surface area contributed by atoms with Crippen molar-refractivity contribution in [2.45, 2.75) is 44.5 Å². The topological polar surface area (TPSA) is 12.5 Å². The van der Waals surface area contributed by atoms with Crippen LogP contribution in [0.5, 0.6) is 0 Å². The molecule has 0 aromatic heterocycles. The number of hydrogen-bond acceptors (Lipinski definition) is 2. The van der Waals surface area contributed by atoms with Crippen LogP contribution in [-0.4, -0.2) is 30.4 Å². The Labute approximate surface area is 134 Å². The summed E-state index contributed by atoms with van der Waals surface area (Å²) in [7, 11) is 0. The van der Waals surface area contributed by atoms with Crippen LogP contribution in [0.15, 0.2) is 42.2 Å². The quantitative estimate of drug-likeness (QED) is 0.799. The minimum atomic E-state index is -4.44. The normalized spacial score (nSPS) is 29.2. The van der Waals surface area contributed by atoms with Crippen molar-refractivity contribution in [2.75, 3.05) is 13.1 Å². The Balaban J connectivity index is 1.99. The fourth-order valence-electron chi connectivity index (χ4n) is 3.70. The van der Waals surface area contributed by atoms with E-state index in [2.05, 4.69) is 4.90 Å². The molecule has 1 aromatic carbocycles. The minimum Gasteiger partial charge on any atom is -0.470 e. The number of allylic oxidation sites excluding steroid dienone is 2. The molecule has 0 radical (unpaired) electrons. The van der Waals surface area contributed by atoms with Crippen LogP contribution in [0, 0.1) is 5.92 Å². The second kappa shape index (κ2) is 6.56. The molecule has 23 heavy (non-hydrogen) atoms. The molecule has 1 fully saturated rings. The van der Waals surface area contributed by atoms with Crippen molar-refractivity contribution in [1.82, 2.24) is 4.90 Å². The zero-order valence-electron chi connectivity index (χ0n) is 13.2. The molecule has 2 aliphatic rings. The lowest BCUT2D eigenvalue weighted by Gasteiger charge is -2.42. The molecular formula is C18H22F3NO. The van der Waals surface area contributed by atoms with Crippen LogP contribution in [0.3, 0.4) is 0 Å². The number of ether oxygens (including phenoxy) is 1.